The smallest absolute Gasteiger partial charge is 0.261 e. The number of nitrogens with one attached hydrogen (secondary N) is 1. The van der Waals surface area contributed by atoms with Crippen LogP contribution in [-0.4, -0.2) is 29.2 Å². The van der Waals surface area contributed by atoms with Gasteiger partial charge in [-0.3, -0.25) is 19.3 Å². The minimum Gasteiger partial charge on any atom is -0.326 e. The van der Waals surface area contributed by atoms with Gasteiger partial charge in [0.15, 0.2) is 0 Å². The highest BCUT2D eigenvalue weighted by Crippen LogP contribution is 2.22. The number of fused-ring (bicyclic) bond motifs is 1. The van der Waals surface area contributed by atoms with Gasteiger partial charge < -0.3 is 5.32 Å². The first kappa shape index (κ1) is 15.9. The van der Waals surface area contributed by atoms with E-state index >= 15 is 0 Å². The molecule has 2 aromatic carbocycles. The van der Waals surface area contributed by atoms with Crippen molar-refractivity contribution in [3.63, 3.8) is 0 Å². The molecule has 0 radical (unpaired) electrons. The lowest BCUT2D eigenvalue weighted by Gasteiger charge is -2.14. The molecular formula is C18H15FN2O3. The van der Waals surface area contributed by atoms with Gasteiger partial charge in [-0.25, -0.2) is 4.39 Å². The summed E-state index contributed by atoms with van der Waals surface area (Å²) in [6.45, 7) is 1.73. The molecule has 0 saturated heterocycles. The van der Waals surface area contributed by atoms with E-state index in [4.69, 9.17) is 0 Å². The number of hydrogen-bond acceptors (Lipinski definition) is 3. The van der Waals surface area contributed by atoms with Crippen molar-refractivity contribution < 1.29 is 18.8 Å². The van der Waals surface area contributed by atoms with Crippen LogP contribution in [0.5, 0.6) is 0 Å². The van der Waals surface area contributed by atoms with Crippen molar-refractivity contribution in [3.05, 3.63) is 65.0 Å². The summed E-state index contributed by atoms with van der Waals surface area (Å²) >= 11 is 0. The van der Waals surface area contributed by atoms with Crippen molar-refractivity contribution in [1.82, 2.24) is 4.90 Å². The Morgan fingerprint density at radius 3 is 2.33 bits per heavy atom. The monoisotopic (exact) mass is 326 g/mol. The SMILES string of the molecule is Cc1ccc(F)cc1NC(=O)CCN1C(=O)c2ccccc2C1=O. The zero-order valence-electron chi connectivity index (χ0n) is 13.0. The normalized spacial score (nSPS) is 13.2. The fraction of sp³-hybridized carbons (Fsp3) is 0.167. The standard InChI is InChI=1S/C18H15FN2O3/c1-11-6-7-12(19)10-15(11)20-16(22)8-9-21-17(23)13-4-2-3-5-14(13)18(21)24/h2-7,10H,8-9H2,1H3,(H,20,22). The average molecular weight is 326 g/mol. The zero-order valence-corrected chi connectivity index (χ0v) is 13.0. The summed E-state index contributed by atoms with van der Waals surface area (Å²) in [5.74, 6) is -1.63. The molecule has 0 fully saturated rings. The Morgan fingerprint density at radius 1 is 1.08 bits per heavy atom. The number of benzene rings is 2. The van der Waals surface area contributed by atoms with E-state index in [2.05, 4.69) is 5.32 Å². The Balaban J connectivity index is 1.64. The number of hydrogen-bond donors (Lipinski definition) is 1. The van der Waals surface area contributed by atoms with Crippen molar-refractivity contribution in [1.29, 1.82) is 0 Å². The van der Waals surface area contributed by atoms with Crippen molar-refractivity contribution >= 4 is 23.4 Å². The van der Waals surface area contributed by atoms with E-state index in [-0.39, 0.29) is 18.9 Å². The average Bonchev–Trinajstić information content (AvgIpc) is 2.81. The largest absolute Gasteiger partial charge is 0.326 e. The Bertz CT molecular complexity index is 813. The van der Waals surface area contributed by atoms with Gasteiger partial charge in [0.1, 0.15) is 5.82 Å². The van der Waals surface area contributed by atoms with Gasteiger partial charge in [0, 0.05) is 18.7 Å². The first-order valence-corrected chi connectivity index (χ1v) is 7.48. The molecule has 3 rings (SSSR count). The third kappa shape index (κ3) is 2.90. The van der Waals surface area contributed by atoms with Crippen LogP contribution >= 0.6 is 0 Å². The summed E-state index contributed by atoms with van der Waals surface area (Å²) in [5.41, 5.74) is 1.81. The highest BCUT2D eigenvalue weighted by molar-refractivity contribution is 6.21. The van der Waals surface area contributed by atoms with Crippen molar-refractivity contribution in [3.8, 4) is 0 Å². The molecule has 1 aliphatic heterocycles. The molecule has 1 heterocycles. The predicted octanol–water partition coefficient (Wildman–Crippen LogP) is 2.76. The molecular weight excluding hydrogens is 311 g/mol. The van der Waals surface area contributed by atoms with Crippen molar-refractivity contribution in [2.45, 2.75) is 13.3 Å². The second-order valence-electron chi connectivity index (χ2n) is 5.56. The van der Waals surface area contributed by atoms with Gasteiger partial charge in [0.2, 0.25) is 5.91 Å². The summed E-state index contributed by atoms with van der Waals surface area (Å²) in [7, 11) is 0. The van der Waals surface area contributed by atoms with E-state index < -0.39 is 17.6 Å². The van der Waals surface area contributed by atoms with Crippen LogP contribution in [0.1, 0.15) is 32.7 Å². The maximum atomic E-state index is 13.2. The number of amides is 3. The maximum Gasteiger partial charge on any atom is 0.261 e. The van der Waals surface area contributed by atoms with Gasteiger partial charge in [0.25, 0.3) is 11.8 Å². The minimum atomic E-state index is -0.448. The number of carbonyl (C=O) groups is 3. The molecule has 2 aromatic rings. The molecule has 1 aliphatic rings. The Morgan fingerprint density at radius 2 is 1.71 bits per heavy atom. The van der Waals surface area contributed by atoms with Crippen molar-refractivity contribution in [2.24, 2.45) is 0 Å². The summed E-state index contributed by atoms with van der Waals surface area (Å²) in [6.07, 6.45) is -0.0541. The van der Waals surface area contributed by atoms with Gasteiger partial charge in [-0.1, -0.05) is 18.2 Å². The van der Waals surface area contributed by atoms with E-state index in [0.29, 0.717) is 16.8 Å². The molecule has 0 aliphatic carbocycles. The van der Waals surface area contributed by atoms with Crippen molar-refractivity contribution in [2.75, 3.05) is 11.9 Å². The predicted molar refractivity (Wildman–Crippen MR) is 86.2 cm³/mol. The molecule has 24 heavy (non-hydrogen) atoms. The lowest BCUT2D eigenvalue weighted by atomic mass is 10.1. The number of halogens is 1. The number of anilines is 1. The third-order valence-corrected chi connectivity index (χ3v) is 3.91. The van der Waals surface area contributed by atoms with Crippen LogP contribution in [0.25, 0.3) is 0 Å². The highest BCUT2D eigenvalue weighted by atomic mass is 19.1. The molecule has 0 aromatic heterocycles. The Kier molecular flexibility index (Phi) is 4.12. The van der Waals surface area contributed by atoms with Gasteiger partial charge in [-0.15, -0.1) is 0 Å². The first-order chi connectivity index (χ1) is 11.5. The number of imide groups is 1. The molecule has 0 atom stereocenters. The molecule has 122 valence electrons. The highest BCUT2D eigenvalue weighted by Gasteiger charge is 2.34. The molecule has 0 spiro atoms. The molecule has 1 N–H and O–H groups in total. The number of aryl methyl sites for hydroxylation is 1. The van der Waals surface area contributed by atoms with E-state index in [0.717, 1.165) is 10.5 Å². The topological polar surface area (TPSA) is 66.5 Å². The molecule has 3 amide bonds. The zero-order chi connectivity index (χ0) is 17.3. The van der Waals surface area contributed by atoms with Crippen LogP contribution in [0.3, 0.4) is 0 Å². The second-order valence-corrected chi connectivity index (χ2v) is 5.56. The summed E-state index contributed by atoms with van der Waals surface area (Å²) in [6, 6.07) is 10.7. The van der Waals surface area contributed by atoms with Crippen LogP contribution in [0, 0.1) is 12.7 Å². The lowest BCUT2D eigenvalue weighted by molar-refractivity contribution is -0.116. The van der Waals surface area contributed by atoms with Crippen LogP contribution in [0.2, 0.25) is 0 Å². The van der Waals surface area contributed by atoms with Crippen LogP contribution in [0.15, 0.2) is 42.5 Å². The minimum absolute atomic E-state index is 0.0213. The molecule has 0 bridgehead atoms. The fourth-order valence-electron chi connectivity index (χ4n) is 2.60. The van der Waals surface area contributed by atoms with Gasteiger partial charge in [-0.2, -0.15) is 0 Å². The molecule has 0 saturated carbocycles. The maximum absolute atomic E-state index is 13.2. The fourth-order valence-corrected chi connectivity index (χ4v) is 2.60. The second kappa shape index (κ2) is 6.23. The third-order valence-electron chi connectivity index (χ3n) is 3.91. The van der Waals surface area contributed by atoms with E-state index in [1.165, 1.54) is 12.1 Å². The number of nitrogens with zero attached hydrogens (tertiary/aromatic N) is 1. The lowest BCUT2D eigenvalue weighted by Crippen LogP contribution is -2.32. The quantitative estimate of drug-likeness (QED) is 0.879. The van der Waals surface area contributed by atoms with E-state index in [9.17, 15) is 18.8 Å². The van der Waals surface area contributed by atoms with Crippen LogP contribution in [0.4, 0.5) is 10.1 Å². The van der Waals surface area contributed by atoms with Gasteiger partial charge in [0.05, 0.1) is 11.1 Å². The first-order valence-electron chi connectivity index (χ1n) is 7.48. The van der Waals surface area contributed by atoms with E-state index in [1.54, 1.807) is 37.3 Å². The van der Waals surface area contributed by atoms with E-state index in [1.807, 2.05) is 0 Å². The molecule has 6 heteroatoms. The van der Waals surface area contributed by atoms with Gasteiger partial charge in [-0.05, 0) is 36.8 Å². The Labute approximate surface area is 138 Å². The number of carbonyl (C=O) groups excluding carboxylic acids is 3. The summed E-state index contributed by atoms with van der Waals surface area (Å²) in [4.78, 5) is 37.5. The van der Waals surface area contributed by atoms with Crippen LogP contribution in [-0.2, 0) is 4.79 Å². The Hall–Kier alpha value is -3.02. The molecule has 0 unspecified atom stereocenters. The number of rotatable bonds is 4. The van der Waals surface area contributed by atoms with Gasteiger partial charge >= 0.3 is 0 Å². The molecule has 5 nitrogen and oxygen atoms in total. The summed E-state index contributed by atoms with van der Waals surface area (Å²) in [5, 5.41) is 2.60. The summed E-state index contributed by atoms with van der Waals surface area (Å²) < 4.78 is 13.2. The van der Waals surface area contributed by atoms with Crippen LogP contribution < -0.4 is 5.32 Å².